The second-order valence-electron chi connectivity index (χ2n) is 6.16. The summed E-state index contributed by atoms with van der Waals surface area (Å²) < 4.78 is 16.6. The predicted octanol–water partition coefficient (Wildman–Crippen LogP) is 3.42. The molecule has 0 saturated heterocycles. The fraction of sp³-hybridized carbons (Fsp3) is 0.273. The first-order chi connectivity index (χ1) is 13.7. The number of aliphatic hydroxyl groups is 1. The number of carbonyl (C=O) groups excluding carboxylic acids is 1. The molecule has 1 aromatic heterocycles. The molecule has 6 heteroatoms. The monoisotopic (exact) mass is 381 g/mol. The molecule has 0 aliphatic carbocycles. The molecule has 0 atom stereocenters. The number of aliphatic hydroxyl groups excluding tert-OH is 1. The summed E-state index contributed by atoms with van der Waals surface area (Å²) in [5.74, 6) is 1.81. The third kappa shape index (κ3) is 4.23. The maximum Gasteiger partial charge on any atom is 0.161 e. The van der Waals surface area contributed by atoms with E-state index in [4.69, 9.17) is 19.3 Å². The van der Waals surface area contributed by atoms with Gasteiger partial charge in [-0.15, -0.1) is 0 Å². The van der Waals surface area contributed by atoms with Crippen molar-refractivity contribution in [3.63, 3.8) is 0 Å². The summed E-state index contributed by atoms with van der Waals surface area (Å²) in [5.41, 5.74) is 2.35. The smallest absolute Gasteiger partial charge is 0.161 e. The van der Waals surface area contributed by atoms with Crippen LogP contribution in [0.25, 0.3) is 10.8 Å². The number of methoxy groups -OCH3 is 1. The zero-order valence-corrected chi connectivity index (χ0v) is 16.0. The molecule has 0 fully saturated rings. The van der Waals surface area contributed by atoms with E-state index in [0.29, 0.717) is 30.1 Å². The fourth-order valence-electron chi connectivity index (χ4n) is 3.09. The molecule has 3 rings (SSSR count). The second-order valence-corrected chi connectivity index (χ2v) is 6.16. The van der Waals surface area contributed by atoms with Gasteiger partial charge in [0.15, 0.2) is 17.8 Å². The summed E-state index contributed by atoms with van der Waals surface area (Å²) in [5, 5.41) is 10.6. The van der Waals surface area contributed by atoms with E-state index in [2.05, 4.69) is 4.98 Å². The lowest BCUT2D eigenvalue weighted by Crippen LogP contribution is -2.04. The minimum atomic E-state index is -0.112. The molecule has 2 aromatic carbocycles. The van der Waals surface area contributed by atoms with Crippen molar-refractivity contribution in [2.24, 2.45) is 0 Å². The van der Waals surface area contributed by atoms with Gasteiger partial charge in [-0.2, -0.15) is 0 Å². The average Bonchev–Trinajstić information content (AvgIpc) is 2.72. The number of rotatable bonds is 9. The topological polar surface area (TPSA) is 77.9 Å². The zero-order valence-electron chi connectivity index (χ0n) is 16.0. The van der Waals surface area contributed by atoms with E-state index in [-0.39, 0.29) is 13.2 Å². The molecule has 1 N–H and O–H groups in total. The number of carbonyl (C=O) groups is 1. The maximum atomic E-state index is 11.5. The van der Waals surface area contributed by atoms with Crippen LogP contribution in [-0.4, -0.2) is 43.3 Å². The van der Waals surface area contributed by atoms with Crippen molar-refractivity contribution in [1.82, 2.24) is 4.98 Å². The Labute approximate surface area is 163 Å². The normalized spacial score (nSPS) is 10.7. The number of hydrogen-bond acceptors (Lipinski definition) is 6. The van der Waals surface area contributed by atoms with Crippen LogP contribution in [-0.2, 0) is 6.42 Å². The third-order valence-corrected chi connectivity index (χ3v) is 4.34. The predicted molar refractivity (Wildman–Crippen MR) is 107 cm³/mol. The van der Waals surface area contributed by atoms with Crippen molar-refractivity contribution in [2.75, 3.05) is 26.9 Å². The van der Waals surface area contributed by atoms with Gasteiger partial charge in [-0.05, 0) is 42.1 Å². The number of aldehydes is 1. The highest BCUT2D eigenvalue weighted by Gasteiger charge is 2.14. The number of hydrogen-bond donors (Lipinski definition) is 1. The lowest BCUT2D eigenvalue weighted by molar-refractivity contribution is 0.112. The Morgan fingerprint density at radius 1 is 1.11 bits per heavy atom. The van der Waals surface area contributed by atoms with Gasteiger partial charge in [0.05, 0.1) is 26.0 Å². The minimum absolute atomic E-state index is 0.112. The Bertz CT molecular complexity index is 971. The van der Waals surface area contributed by atoms with Crippen molar-refractivity contribution < 1.29 is 24.1 Å². The molecule has 0 bridgehead atoms. The number of ether oxygens (including phenoxy) is 3. The van der Waals surface area contributed by atoms with Gasteiger partial charge in [-0.3, -0.25) is 9.78 Å². The first-order valence-electron chi connectivity index (χ1n) is 9.10. The summed E-state index contributed by atoms with van der Waals surface area (Å²) in [6.45, 7) is 2.58. The van der Waals surface area contributed by atoms with Crippen LogP contribution >= 0.6 is 0 Å². The van der Waals surface area contributed by atoms with Crippen LogP contribution in [0.4, 0.5) is 0 Å². The van der Waals surface area contributed by atoms with Gasteiger partial charge >= 0.3 is 0 Å². The van der Waals surface area contributed by atoms with Crippen LogP contribution in [0.3, 0.4) is 0 Å². The van der Waals surface area contributed by atoms with Gasteiger partial charge < -0.3 is 19.3 Å². The lowest BCUT2D eigenvalue weighted by Gasteiger charge is -2.14. The lowest BCUT2D eigenvalue weighted by atomic mass is 10.00. The van der Waals surface area contributed by atoms with E-state index in [1.807, 2.05) is 37.3 Å². The highest BCUT2D eigenvalue weighted by Crippen LogP contribution is 2.35. The van der Waals surface area contributed by atoms with Crippen LogP contribution in [0.5, 0.6) is 17.2 Å². The first-order valence-corrected chi connectivity index (χ1v) is 9.10. The molecule has 1 heterocycles. The maximum absolute atomic E-state index is 11.5. The van der Waals surface area contributed by atoms with Crippen molar-refractivity contribution in [3.8, 4) is 17.2 Å². The molecule has 0 amide bonds. The summed E-state index contributed by atoms with van der Waals surface area (Å²) in [6, 6.07) is 11.4. The van der Waals surface area contributed by atoms with Crippen LogP contribution in [0, 0.1) is 0 Å². The van der Waals surface area contributed by atoms with Gasteiger partial charge in [-0.25, -0.2) is 0 Å². The van der Waals surface area contributed by atoms with Gasteiger partial charge in [0.25, 0.3) is 0 Å². The zero-order chi connectivity index (χ0) is 19.9. The second kappa shape index (κ2) is 9.19. The Hall–Kier alpha value is -3.12. The standard InChI is InChI=1S/C22H23NO5/c1-3-27-17-6-4-5-15(9-17)10-20-19-12-21(26-2)22(28-8-7-24)11-18(19)16(14-25)13-23-20/h4-6,9,11-14,24H,3,7-8,10H2,1-2H3. The van der Waals surface area contributed by atoms with Crippen LogP contribution in [0.2, 0.25) is 0 Å². The van der Waals surface area contributed by atoms with Gasteiger partial charge in [0.2, 0.25) is 0 Å². The van der Waals surface area contributed by atoms with Gasteiger partial charge in [-0.1, -0.05) is 12.1 Å². The Morgan fingerprint density at radius 3 is 2.64 bits per heavy atom. The van der Waals surface area contributed by atoms with Crippen molar-refractivity contribution >= 4 is 17.1 Å². The van der Waals surface area contributed by atoms with Crippen LogP contribution < -0.4 is 14.2 Å². The largest absolute Gasteiger partial charge is 0.494 e. The number of nitrogens with zero attached hydrogens (tertiary/aromatic N) is 1. The molecule has 146 valence electrons. The number of benzene rings is 2. The molecule has 0 saturated carbocycles. The molecule has 3 aromatic rings. The average molecular weight is 381 g/mol. The van der Waals surface area contributed by atoms with E-state index < -0.39 is 0 Å². The van der Waals surface area contributed by atoms with Crippen LogP contribution in [0.15, 0.2) is 42.6 Å². The van der Waals surface area contributed by atoms with E-state index in [0.717, 1.165) is 34.1 Å². The van der Waals surface area contributed by atoms with E-state index >= 15 is 0 Å². The molecule has 0 spiro atoms. The Kier molecular flexibility index (Phi) is 6.45. The quantitative estimate of drug-likeness (QED) is 0.572. The highest BCUT2D eigenvalue weighted by atomic mass is 16.5. The van der Waals surface area contributed by atoms with Crippen molar-refractivity contribution in [3.05, 3.63) is 59.4 Å². The molecule has 28 heavy (non-hydrogen) atoms. The van der Waals surface area contributed by atoms with Gasteiger partial charge in [0.1, 0.15) is 12.4 Å². The minimum Gasteiger partial charge on any atom is -0.494 e. The SMILES string of the molecule is CCOc1cccc(Cc2ncc(C=O)c3cc(OCCO)c(OC)cc23)c1. The summed E-state index contributed by atoms with van der Waals surface area (Å²) in [7, 11) is 1.55. The third-order valence-electron chi connectivity index (χ3n) is 4.34. The summed E-state index contributed by atoms with van der Waals surface area (Å²) >= 11 is 0. The first kappa shape index (κ1) is 19.6. The molecule has 0 aliphatic heterocycles. The number of pyridine rings is 1. The van der Waals surface area contributed by atoms with Crippen molar-refractivity contribution in [1.29, 1.82) is 0 Å². The molecule has 0 unspecified atom stereocenters. The number of fused-ring (bicyclic) bond motifs is 1. The molecule has 6 nitrogen and oxygen atoms in total. The fourth-order valence-corrected chi connectivity index (χ4v) is 3.09. The Morgan fingerprint density at radius 2 is 1.93 bits per heavy atom. The van der Waals surface area contributed by atoms with Crippen LogP contribution in [0.1, 0.15) is 28.5 Å². The Balaban J connectivity index is 2.07. The van der Waals surface area contributed by atoms with Gasteiger partial charge in [0, 0.05) is 23.6 Å². The highest BCUT2D eigenvalue weighted by molar-refractivity contribution is 6.00. The summed E-state index contributed by atoms with van der Waals surface area (Å²) in [4.78, 5) is 16.0. The number of aromatic nitrogens is 1. The summed E-state index contributed by atoms with van der Waals surface area (Å²) in [6.07, 6.45) is 2.92. The van der Waals surface area contributed by atoms with E-state index in [1.165, 1.54) is 0 Å². The molecule has 0 aliphatic rings. The molecular formula is C22H23NO5. The molecular weight excluding hydrogens is 358 g/mol. The molecule has 0 radical (unpaired) electrons. The van der Waals surface area contributed by atoms with Crippen molar-refractivity contribution in [2.45, 2.75) is 13.3 Å². The van der Waals surface area contributed by atoms with E-state index in [9.17, 15) is 4.79 Å². The van der Waals surface area contributed by atoms with E-state index in [1.54, 1.807) is 19.4 Å².